The molecule has 0 aliphatic heterocycles. The Morgan fingerprint density at radius 1 is 1.19 bits per heavy atom. The average molecular weight is 212 g/mol. The van der Waals surface area contributed by atoms with Gasteiger partial charge < -0.3 is 4.42 Å². The molecule has 0 fully saturated rings. The van der Waals surface area contributed by atoms with Gasteiger partial charge in [0.1, 0.15) is 16.8 Å². The zero-order valence-corrected chi connectivity index (χ0v) is 8.60. The molecule has 0 aliphatic rings. The topological polar surface area (TPSA) is 56.0 Å². The SMILES string of the molecule is CC(=O)c1nccc2oc3cccnc3c12. The zero-order valence-electron chi connectivity index (χ0n) is 8.60. The van der Waals surface area contributed by atoms with E-state index in [0.717, 1.165) is 0 Å². The lowest BCUT2D eigenvalue weighted by atomic mass is 10.1. The third-order valence-corrected chi connectivity index (χ3v) is 2.47. The first kappa shape index (κ1) is 9.03. The van der Waals surface area contributed by atoms with Gasteiger partial charge in [0.15, 0.2) is 11.4 Å². The van der Waals surface area contributed by atoms with Gasteiger partial charge in [-0.3, -0.25) is 14.8 Å². The molecule has 0 radical (unpaired) electrons. The minimum Gasteiger partial charge on any atom is -0.454 e. The van der Waals surface area contributed by atoms with Crippen molar-refractivity contribution in [3.05, 3.63) is 36.3 Å². The van der Waals surface area contributed by atoms with Crippen molar-refractivity contribution < 1.29 is 9.21 Å². The van der Waals surface area contributed by atoms with Crippen molar-refractivity contribution in [1.29, 1.82) is 0 Å². The standard InChI is InChI=1S/C12H8N2O2/c1-7(15)11-10-8(4-6-14-11)16-9-3-2-5-13-12(9)10/h2-6H,1H3. The Kier molecular flexibility index (Phi) is 1.77. The molecule has 3 rings (SSSR count). The molecule has 16 heavy (non-hydrogen) atoms. The Hall–Kier alpha value is -2.23. The molecule has 0 saturated heterocycles. The number of hydrogen-bond acceptors (Lipinski definition) is 4. The molecule has 0 aliphatic carbocycles. The van der Waals surface area contributed by atoms with E-state index in [1.807, 2.05) is 6.07 Å². The third kappa shape index (κ3) is 1.13. The highest BCUT2D eigenvalue weighted by atomic mass is 16.3. The Morgan fingerprint density at radius 3 is 2.88 bits per heavy atom. The summed E-state index contributed by atoms with van der Waals surface area (Å²) in [7, 11) is 0. The van der Waals surface area contributed by atoms with Crippen LogP contribution in [0.4, 0.5) is 0 Å². The van der Waals surface area contributed by atoms with E-state index in [0.29, 0.717) is 27.8 Å². The summed E-state index contributed by atoms with van der Waals surface area (Å²) in [6, 6.07) is 5.36. The van der Waals surface area contributed by atoms with E-state index in [1.165, 1.54) is 6.92 Å². The summed E-state index contributed by atoms with van der Waals surface area (Å²) < 4.78 is 5.59. The molecular weight excluding hydrogens is 204 g/mol. The molecule has 4 heteroatoms. The molecule has 0 N–H and O–H groups in total. The van der Waals surface area contributed by atoms with Gasteiger partial charge in [-0.15, -0.1) is 0 Å². The van der Waals surface area contributed by atoms with Crippen molar-refractivity contribution in [3.63, 3.8) is 0 Å². The van der Waals surface area contributed by atoms with Crippen LogP contribution >= 0.6 is 0 Å². The lowest BCUT2D eigenvalue weighted by molar-refractivity contribution is 0.101. The summed E-state index contributed by atoms with van der Waals surface area (Å²) in [5, 5.41) is 0.700. The first-order valence-electron chi connectivity index (χ1n) is 4.90. The number of carbonyl (C=O) groups is 1. The van der Waals surface area contributed by atoms with Crippen molar-refractivity contribution in [1.82, 2.24) is 9.97 Å². The molecule has 0 aromatic carbocycles. The quantitative estimate of drug-likeness (QED) is 0.582. The fraction of sp³-hybridized carbons (Fsp3) is 0.0833. The van der Waals surface area contributed by atoms with Gasteiger partial charge in [-0.2, -0.15) is 0 Å². The Labute approximate surface area is 90.9 Å². The van der Waals surface area contributed by atoms with Gasteiger partial charge in [0, 0.05) is 19.3 Å². The molecule has 0 bridgehead atoms. The normalized spacial score (nSPS) is 11.1. The van der Waals surface area contributed by atoms with Crippen LogP contribution in [0.1, 0.15) is 17.4 Å². The molecule has 3 aromatic heterocycles. The minimum absolute atomic E-state index is 0.0843. The van der Waals surface area contributed by atoms with Crippen LogP contribution in [-0.2, 0) is 0 Å². The average Bonchev–Trinajstić information content (AvgIpc) is 2.66. The molecule has 0 unspecified atom stereocenters. The molecule has 3 aromatic rings. The van der Waals surface area contributed by atoms with Crippen molar-refractivity contribution in [3.8, 4) is 0 Å². The number of Topliss-reactive ketones (excluding diaryl/α,β-unsaturated/α-hetero) is 1. The second kappa shape index (κ2) is 3.13. The van der Waals surface area contributed by atoms with Crippen LogP contribution in [0.15, 0.2) is 35.0 Å². The van der Waals surface area contributed by atoms with Gasteiger partial charge in [-0.05, 0) is 18.2 Å². The number of rotatable bonds is 1. The summed E-state index contributed by atoms with van der Waals surface area (Å²) in [5.74, 6) is -0.0843. The van der Waals surface area contributed by atoms with E-state index in [4.69, 9.17) is 4.42 Å². The van der Waals surface area contributed by atoms with Gasteiger partial charge in [0.25, 0.3) is 0 Å². The molecule has 0 amide bonds. The molecule has 3 heterocycles. The predicted octanol–water partition coefficient (Wildman–Crippen LogP) is 2.58. The molecule has 78 valence electrons. The molecule has 0 atom stereocenters. The van der Waals surface area contributed by atoms with Gasteiger partial charge in [0.2, 0.25) is 0 Å². The highest BCUT2D eigenvalue weighted by Crippen LogP contribution is 2.28. The fourth-order valence-corrected chi connectivity index (χ4v) is 1.80. The van der Waals surface area contributed by atoms with Crippen LogP contribution in [0.2, 0.25) is 0 Å². The predicted molar refractivity (Wildman–Crippen MR) is 59.3 cm³/mol. The van der Waals surface area contributed by atoms with E-state index >= 15 is 0 Å². The summed E-state index contributed by atoms with van der Waals surface area (Å²) in [6.07, 6.45) is 3.25. The van der Waals surface area contributed by atoms with Crippen LogP contribution in [0.25, 0.3) is 22.1 Å². The van der Waals surface area contributed by atoms with E-state index < -0.39 is 0 Å². The maximum Gasteiger partial charge on any atom is 0.178 e. The van der Waals surface area contributed by atoms with E-state index in [1.54, 1.807) is 24.5 Å². The maximum atomic E-state index is 11.5. The van der Waals surface area contributed by atoms with E-state index in [2.05, 4.69) is 9.97 Å². The smallest absolute Gasteiger partial charge is 0.178 e. The molecule has 0 spiro atoms. The first-order chi connectivity index (χ1) is 7.77. The number of carbonyl (C=O) groups excluding carboxylic acids is 1. The summed E-state index contributed by atoms with van der Waals surface area (Å²) in [4.78, 5) is 19.8. The van der Waals surface area contributed by atoms with Crippen LogP contribution in [0, 0.1) is 0 Å². The second-order valence-electron chi connectivity index (χ2n) is 3.54. The van der Waals surface area contributed by atoms with Crippen molar-refractivity contribution >= 4 is 27.9 Å². The Balaban J connectivity index is 2.57. The summed E-state index contributed by atoms with van der Waals surface area (Å²) in [6.45, 7) is 1.49. The van der Waals surface area contributed by atoms with Gasteiger partial charge in [0.05, 0.1) is 5.39 Å². The number of furan rings is 1. The number of hydrogen-bond donors (Lipinski definition) is 0. The Bertz CT molecular complexity index is 700. The molecular formula is C12H8N2O2. The highest BCUT2D eigenvalue weighted by molar-refractivity contribution is 6.13. The lowest BCUT2D eigenvalue weighted by Gasteiger charge is -1.95. The molecule has 0 saturated carbocycles. The number of fused-ring (bicyclic) bond motifs is 3. The lowest BCUT2D eigenvalue weighted by Crippen LogP contribution is -1.96. The Morgan fingerprint density at radius 2 is 2.06 bits per heavy atom. The zero-order chi connectivity index (χ0) is 11.1. The highest BCUT2D eigenvalue weighted by Gasteiger charge is 2.14. The van der Waals surface area contributed by atoms with Crippen LogP contribution < -0.4 is 0 Å². The number of pyridine rings is 2. The van der Waals surface area contributed by atoms with Crippen molar-refractivity contribution in [2.24, 2.45) is 0 Å². The minimum atomic E-state index is -0.0843. The van der Waals surface area contributed by atoms with Crippen molar-refractivity contribution in [2.75, 3.05) is 0 Å². The maximum absolute atomic E-state index is 11.5. The monoisotopic (exact) mass is 212 g/mol. The van der Waals surface area contributed by atoms with Gasteiger partial charge in [-0.25, -0.2) is 0 Å². The number of ketones is 1. The van der Waals surface area contributed by atoms with Crippen LogP contribution in [0.5, 0.6) is 0 Å². The van der Waals surface area contributed by atoms with Crippen LogP contribution in [0.3, 0.4) is 0 Å². The van der Waals surface area contributed by atoms with E-state index in [-0.39, 0.29) is 5.78 Å². The molecule has 4 nitrogen and oxygen atoms in total. The van der Waals surface area contributed by atoms with Crippen LogP contribution in [-0.4, -0.2) is 15.8 Å². The van der Waals surface area contributed by atoms with E-state index in [9.17, 15) is 4.79 Å². The van der Waals surface area contributed by atoms with Gasteiger partial charge >= 0.3 is 0 Å². The van der Waals surface area contributed by atoms with Gasteiger partial charge in [-0.1, -0.05) is 0 Å². The summed E-state index contributed by atoms with van der Waals surface area (Å²) >= 11 is 0. The first-order valence-corrected chi connectivity index (χ1v) is 4.90. The number of aromatic nitrogens is 2. The largest absolute Gasteiger partial charge is 0.454 e. The third-order valence-electron chi connectivity index (χ3n) is 2.47. The number of nitrogens with zero attached hydrogens (tertiary/aromatic N) is 2. The van der Waals surface area contributed by atoms with Crippen molar-refractivity contribution in [2.45, 2.75) is 6.92 Å². The second-order valence-corrected chi connectivity index (χ2v) is 3.54. The summed E-state index contributed by atoms with van der Waals surface area (Å²) in [5.41, 5.74) is 2.42. The fourth-order valence-electron chi connectivity index (χ4n) is 1.80.